The van der Waals surface area contributed by atoms with Gasteiger partial charge in [0.15, 0.2) is 0 Å². The molecular weight excluding hydrogens is 270 g/mol. The predicted molar refractivity (Wildman–Crippen MR) is 83.2 cm³/mol. The van der Waals surface area contributed by atoms with E-state index in [-0.39, 0.29) is 0 Å². The van der Waals surface area contributed by atoms with E-state index in [1.165, 1.54) is 11.1 Å². The monoisotopic (exact) mass is 287 g/mol. The summed E-state index contributed by atoms with van der Waals surface area (Å²) >= 11 is 6.08. The van der Waals surface area contributed by atoms with Crippen LogP contribution in [0.3, 0.4) is 0 Å². The van der Waals surface area contributed by atoms with Crippen molar-refractivity contribution in [2.45, 2.75) is 19.4 Å². The first kappa shape index (κ1) is 13.4. The van der Waals surface area contributed by atoms with Crippen molar-refractivity contribution in [3.05, 3.63) is 58.2 Å². The third-order valence-electron chi connectivity index (χ3n) is 3.88. The molecule has 3 rings (SSSR count). The molecular formula is C16H18ClN3. The smallest absolute Gasteiger partial charge is 0.128 e. The maximum Gasteiger partial charge on any atom is 0.128 e. The van der Waals surface area contributed by atoms with E-state index in [0.717, 1.165) is 37.3 Å². The van der Waals surface area contributed by atoms with E-state index in [4.69, 9.17) is 17.3 Å². The van der Waals surface area contributed by atoms with E-state index in [2.05, 4.69) is 34.1 Å². The fourth-order valence-corrected chi connectivity index (χ4v) is 2.87. The second-order valence-electron chi connectivity index (χ2n) is 5.09. The molecule has 0 bridgehead atoms. The molecule has 0 aliphatic carbocycles. The topological polar surface area (TPSA) is 42.1 Å². The summed E-state index contributed by atoms with van der Waals surface area (Å²) in [6, 6.07) is 10.7. The minimum absolute atomic E-state index is 0.447. The average Bonchev–Trinajstić information content (AvgIpc) is 2.70. The molecule has 20 heavy (non-hydrogen) atoms. The van der Waals surface area contributed by atoms with E-state index in [9.17, 15) is 0 Å². The molecule has 0 saturated heterocycles. The maximum atomic E-state index is 6.08. The van der Waals surface area contributed by atoms with Crippen molar-refractivity contribution in [3.63, 3.8) is 0 Å². The van der Waals surface area contributed by atoms with Crippen LogP contribution in [0, 0.1) is 0 Å². The predicted octanol–water partition coefficient (Wildman–Crippen LogP) is 2.80. The third-order valence-corrected chi connectivity index (χ3v) is 4.23. The van der Waals surface area contributed by atoms with E-state index < -0.39 is 0 Å². The molecule has 0 unspecified atom stereocenters. The van der Waals surface area contributed by atoms with Gasteiger partial charge in [-0.25, -0.2) is 4.98 Å². The van der Waals surface area contributed by atoms with Crippen molar-refractivity contribution >= 4 is 17.4 Å². The van der Waals surface area contributed by atoms with Gasteiger partial charge >= 0.3 is 0 Å². The van der Waals surface area contributed by atoms with Gasteiger partial charge in [0.2, 0.25) is 0 Å². The van der Waals surface area contributed by atoms with Gasteiger partial charge in [-0.05, 0) is 35.6 Å². The van der Waals surface area contributed by atoms with Gasteiger partial charge in [0.25, 0.3) is 0 Å². The third kappa shape index (κ3) is 2.65. The highest BCUT2D eigenvalue weighted by Crippen LogP contribution is 2.23. The lowest BCUT2D eigenvalue weighted by atomic mass is 10.0. The van der Waals surface area contributed by atoms with Crippen molar-refractivity contribution in [2.24, 2.45) is 5.73 Å². The Labute approximate surface area is 124 Å². The number of halogens is 1. The van der Waals surface area contributed by atoms with Gasteiger partial charge in [-0.2, -0.15) is 0 Å². The van der Waals surface area contributed by atoms with Crippen LogP contribution in [0.1, 0.15) is 16.7 Å². The number of rotatable bonds is 2. The van der Waals surface area contributed by atoms with Crippen LogP contribution >= 0.6 is 11.6 Å². The molecule has 1 aromatic heterocycles. The minimum atomic E-state index is 0.447. The Morgan fingerprint density at radius 2 is 1.80 bits per heavy atom. The van der Waals surface area contributed by atoms with E-state index in [1.807, 2.05) is 6.07 Å². The number of aromatic nitrogens is 1. The standard InChI is InChI=1S/C16H18ClN3/c17-15-11-19-16(9-14(15)10-18)20-7-5-12-3-1-2-4-13(12)6-8-20/h1-4,9,11H,5-8,10,18H2. The summed E-state index contributed by atoms with van der Waals surface area (Å²) in [6.45, 7) is 2.41. The van der Waals surface area contributed by atoms with Gasteiger partial charge in [0.1, 0.15) is 5.82 Å². The Hall–Kier alpha value is -1.58. The zero-order valence-corrected chi connectivity index (χ0v) is 12.1. The molecule has 1 aliphatic heterocycles. The average molecular weight is 288 g/mol. The molecule has 2 N–H and O–H groups in total. The molecule has 0 amide bonds. The van der Waals surface area contributed by atoms with Crippen molar-refractivity contribution < 1.29 is 0 Å². The number of anilines is 1. The molecule has 3 nitrogen and oxygen atoms in total. The second-order valence-corrected chi connectivity index (χ2v) is 5.50. The molecule has 2 aromatic rings. The van der Waals surface area contributed by atoms with Crippen molar-refractivity contribution in [1.29, 1.82) is 0 Å². The molecule has 0 radical (unpaired) electrons. The Kier molecular flexibility index (Phi) is 3.90. The summed E-state index contributed by atoms with van der Waals surface area (Å²) in [5, 5.41) is 0.648. The number of hydrogen-bond acceptors (Lipinski definition) is 3. The Balaban J connectivity index is 1.83. The van der Waals surface area contributed by atoms with E-state index in [1.54, 1.807) is 6.20 Å². The summed E-state index contributed by atoms with van der Waals surface area (Å²) in [6.07, 6.45) is 3.81. The number of fused-ring (bicyclic) bond motifs is 1. The summed E-state index contributed by atoms with van der Waals surface area (Å²) in [7, 11) is 0. The Bertz CT molecular complexity index is 585. The molecule has 0 fully saturated rings. The first-order valence-corrected chi connectivity index (χ1v) is 7.32. The van der Waals surface area contributed by atoms with E-state index >= 15 is 0 Å². The summed E-state index contributed by atoms with van der Waals surface area (Å²) in [5.41, 5.74) is 9.57. The van der Waals surface area contributed by atoms with Gasteiger partial charge in [-0.3, -0.25) is 0 Å². The Morgan fingerprint density at radius 3 is 2.40 bits per heavy atom. The zero-order valence-electron chi connectivity index (χ0n) is 11.3. The SMILES string of the molecule is NCc1cc(N2CCc3ccccc3CC2)ncc1Cl. The number of nitrogens with two attached hydrogens (primary N) is 1. The molecule has 4 heteroatoms. The van der Waals surface area contributed by atoms with Crippen LogP contribution in [0.15, 0.2) is 36.5 Å². The molecule has 0 atom stereocenters. The lowest BCUT2D eigenvalue weighted by Crippen LogP contribution is -2.27. The normalized spacial score (nSPS) is 14.8. The summed E-state index contributed by atoms with van der Waals surface area (Å²) in [4.78, 5) is 6.77. The van der Waals surface area contributed by atoms with Crippen LogP contribution < -0.4 is 10.6 Å². The van der Waals surface area contributed by atoms with Crippen molar-refractivity contribution in [3.8, 4) is 0 Å². The second kappa shape index (κ2) is 5.81. The minimum Gasteiger partial charge on any atom is -0.356 e. The van der Waals surface area contributed by atoms with Crippen LogP contribution in [0.2, 0.25) is 5.02 Å². The molecule has 2 heterocycles. The quantitative estimate of drug-likeness (QED) is 0.923. The highest BCUT2D eigenvalue weighted by Gasteiger charge is 2.15. The molecule has 104 valence electrons. The van der Waals surface area contributed by atoms with Crippen molar-refractivity contribution in [2.75, 3.05) is 18.0 Å². The van der Waals surface area contributed by atoms with Crippen molar-refractivity contribution in [1.82, 2.24) is 4.98 Å². The summed E-state index contributed by atoms with van der Waals surface area (Å²) in [5.74, 6) is 0.975. The first-order valence-electron chi connectivity index (χ1n) is 6.94. The Morgan fingerprint density at radius 1 is 1.15 bits per heavy atom. The highest BCUT2D eigenvalue weighted by atomic mass is 35.5. The molecule has 1 aromatic carbocycles. The van der Waals surface area contributed by atoms with Crippen LogP contribution in [0.25, 0.3) is 0 Å². The molecule has 0 spiro atoms. The van der Waals surface area contributed by atoms with E-state index in [0.29, 0.717) is 11.6 Å². The number of benzene rings is 1. The number of pyridine rings is 1. The largest absolute Gasteiger partial charge is 0.356 e. The van der Waals surface area contributed by atoms with Gasteiger partial charge in [0, 0.05) is 25.8 Å². The van der Waals surface area contributed by atoms with Gasteiger partial charge in [-0.1, -0.05) is 35.9 Å². The fourth-order valence-electron chi connectivity index (χ4n) is 2.69. The zero-order chi connectivity index (χ0) is 13.9. The molecule has 0 saturated carbocycles. The van der Waals surface area contributed by atoms with Gasteiger partial charge in [-0.15, -0.1) is 0 Å². The summed E-state index contributed by atoms with van der Waals surface area (Å²) < 4.78 is 0. The van der Waals surface area contributed by atoms with Gasteiger partial charge in [0.05, 0.1) is 5.02 Å². The number of nitrogens with zero attached hydrogens (tertiary/aromatic N) is 2. The van der Waals surface area contributed by atoms with Crippen LogP contribution in [0.4, 0.5) is 5.82 Å². The maximum absolute atomic E-state index is 6.08. The lowest BCUT2D eigenvalue weighted by molar-refractivity contribution is 0.789. The fraction of sp³-hybridized carbons (Fsp3) is 0.312. The molecule has 1 aliphatic rings. The number of hydrogen-bond donors (Lipinski definition) is 1. The first-order chi connectivity index (χ1) is 9.78. The van der Waals surface area contributed by atoms with Gasteiger partial charge < -0.3 is 10.6 Å². The van der Waals surface area contributed by atoms with Crippen LogP contribution in [0.5, 0.6) is 0 Å². The lowest BCUT2D eigenvalue weighted by Gasteiger charge is -2.22. The van der Waals surface area contributed by atoms with Crippen LogP contribution in [-0.4, -0.2) is 18.1 Å². The highest BCUT2D eigenvalue weighted by molar-refractivity contribution is 6.31. The van der Waals surface area contributed by atoms with Crippen LogP contribution in [-0.2, 0) is 19.4 Å².